The lowest BCUT2D eigenvalue weighted by molar-refractivity contribution is -0.139. The van der Waals surface area contributed by atoms with Crippen molar-refractivity contribution in [1.29, 1.82) is 0 Å². The summed E-state index contributed by atoms with van der Waals surface area (Å²) < 4.78 is 16.2. The summed E-state index contributed by atoms with van der Waals surface area (Å²) in [5, 5.41) is 7.98. The molecule has 2 amide bonds. The number of likely N-dealkylation sites (tertiary alicyclic amines) is 1. The first-order chi connectivity index (χ1) is 15.4. The molecule has 1 aromatic heterocycles. The van der Waals surface area contributed by atoms with Crippen molar-refractivity contribution in [3.8, 4) is 17.2 Å². The Kier molecular flexibility index (Phi) is 5.98. The number of hydrogen-bond acceptors (Lipinski definition) is 8. The number of ether oxygens (including phenoxy) is 2. The fourth-order valence-electron chi connectivity index (χ4n) is 3.26. The number of nitrogens with zero attached hydrogens (tertiary/aromatic N) is 3. The van der Waals surface area contributed by atoms with Crippen molar-refractivity contribution in [3.63, 3.8) is 0 Å². The van der Waals surface area contributed by atoms with E-state index in [1.54, 1.807) is 62.6 Å². The predicted molar refractivity (Wildman–Crippen MR) is 111 cm³/mol. The quantitative estimate of drug-likeness (QED) is 0.410. The first-order valence-corrected chi connectivity index (χ1v) is 10.1. The zero-order chi connectivity index (χ0) is 22.7. The predicted octanol–water partition coefficient (Wildman–Crippen LogP) is 3.31. The molecule has 0 saturated carbocycles. The molecule has 1 fully saturated rings. The van der Waals surface area contributed by atoms with Crippen LogP contribution < -0.4 is 4.74 Å². The van der Waals surface area contributed by atoms with Crippen LogP contribution in [0.2, 0.25) is 0 Å². The van der Waals surface area contributed by atoms with Crippen LogP contribution in [0.5, 0.6) is 5.75 Å². The van der Waals surface area contributed by atoms with Crippen LogP contribution >= 0.6 is 0 Å². The summed E-state index contributed by atoms with van der Waals surface area (Å²) in [4.78, 5) is 37.2. The average molecular weight is 435 g/mol. The van der Waals surface area contributed by atoms with Crippen LogP contribution in [0.25, 0.3) is 11.5 Å². The van der Waals surface area contributed by atoms with Gasteiger partial charge in [0.15, 0.2) is 6.10 Å². The molecule has 0 aliphatic carbocycles. The maximum atomic E-state index is 12.5. The molecule has 1 atom stereocenters. The summed E-state index contributed by atoms with van der Waals surface area (Å²) in [7, 11) is 1.58. The molecule has 4 rings (SSSR count). The molecular formula is C23H21N3O6. The number of carbonyl (C=O) groups is 3. The molecule has 2 heterocycles. The fourth-order valence-corrected chi connectivity index (χ4v) is 3.26. The maximum absolute atomic E-state index is 12.5. The van der Waals surface area contributed by atoms with Crippen molar-refractivity contribution in [1.82, 2.24) is 15.1 Å². The van der Waals surface area contributed by atoms with Gasteiger partial charge in [-0.3, -0.25) is 14.5 Å². The van der Waals surface area contributed by atoms with Gasteiger partial charge in [-0.15, -0.1) is 10.2 Å². The monoisotopic (exact) mass is 435 g/mol. The summed E-state index contributed by atoms with van der Waals surface area (Å²) in [6.45, 7) is 1.84. The Hall–Kier alpha value is -4.01. The van der Waals surface area contributed by atoms with Crippen molar-refractivity contribution in [3.05, 3.63) is 65.5 Å². The number of carbonyl (C=O) groups excluding carboxylic acids is 3. The SMILES string of the molecule is COc1ccc(-c2nnc([C@@H](C)OC(=O)c3ccc(CN4C(=O)CCC4=O)cc3)o2)cc1. The van der Waals surface area contributed by atoms with Crippen LogP contribution in [0, 0.1) is 0 Å². The second-order valence-electron chi connectivity index (χ2n) is 7.29. The molecule has 164 valence electrons. The summed E-state index contributed by atoms with van der Waals surface area (Å²) >= 11 is 0. The van der Waals surface area contributed by atoms with Gasteiger partial charge in [0, 0.05) is 18.4 Å². The molecular weight excluding hydrogens is 414 g/mol. The molecule has 3 aromatic rings. The Bertz CT molecular complexity index is 1120. The van der Waals surface area contributed by atoms with E-state index >= 15 is 0 Å². The largest absolute Gasteiger partial charge is 0.497 e. The number of imide groups is 1. The zero-order valence-electron chi connectivity index (χ0n) is 17.6. The Balaban J connectivity index is 1.37. The van der Waals surface area contributed by atoms with Gasteiger partial charge in [0.25, 0.3) is 5.89 Å². The summed E-state index contributed by atoms with van der Waals surface area (Å²) in [6.07, 6.45) is -0.255. The molecule has 0 spiro atoms. The van der Waals surface area contributed by atoms with Gasteiger partial charge < -0.3 is 13.9 Å². The van der Waals surface area contributed by atoms with E-state index in [0.717, 1.165) is 5.56 Å². The number of rotatable bonds is 7. The average Bonchev–Trinajstić information content (AvgIpc) is 3.42. The molecule has 32 heavy (non-hydrogen) atoms. The Morgan fingerprint density at radius 1 is 1.03 bits per heavy atom. The molecule has 9 heteroatoms. The van der Waals surface area contributed by atoms with Crippen molar-refractivity contribution >= 4 is 17.8 Å². The van der Waals surface area contributed by atoms with E-state index in [4.69, 9.17) is 13.9 Å². The van der Waals surface area contributed by atoms with Crippen LogP contribution in [0.15, 0.2) is 52.9 Å². The van der Waals surface area contributed by atoms with Gasteiger partial charge in [-0.25, -0.2) is 4.79 Å². The number of hydrogen-bond donors (Lipinski definition) is 0. The second kappa shape index (κ2) is 9.01. The van der Waals surface area contributed by atoms with E-state index < -0.39 is 12.1 Å². The molecule has 0 radical (unpaired) electrons. The molecule has 1 aliphatic rings. The van der Waals surface area contributed by atoms with Crippen LogP contribution in [-0.4, -0.2) is 40.0 Å². The number of amides is 2. The topological polar surface area (TPSA) is 112 Å². The third kappa shape index (κ3) is 4.51. The highest BCUT2D eigenvalue weighted by molar-refractivity contribution is 6.01. The van der Waals surface area contributed by atoms with Gasteiger partial charge in [-0.1, -0.05) is 12.1 Å². The number of aromatic nitrogens is 2. The van der Waals surface area contributed by atoms with Crippen molar-refractivity contribution in [2.24, 2.45) is 0 Å². The van der Waals surface area contributed by atoms with Gasteiger partial charge in [-0.2, -0.15) is 0 Å². The van der Waals surface area contributed by atoms with Crippen molar-refractivity contribution < 1.29 is 28.3 Å². The lowest BCUT2D eigenvalue weighted by Crippen LogP contribution is -2.28. The van der Waals surface area contributed by atoms with Crippen LogP contribution in [-0.2, 0) is 20.9 Å². The normalized spacial score (nSPS) is 14.5. The molecule has 1 saturated heterocycles. The van der Waals surface area contributed by atoms with Crippen LogP contribution in [0.1, 0.15) is 47.7 Å². The van der Waals surface area contributed by atoms with E-state index in [1.807, 2.05) is 0 Å². The standard InChI is InChI=1S/C23H21N3O6/c1-14(21-24-25-22(32-21)16-7-9-18(30-2)10-8-16)31-23(29)17-5-3-15(4-6-17)13-26-19(27)11-12-20(26)28/h3-10,14H,11-13H2,1-2H3/t14-/m1/s1. The zero-order valence-corrected chi connectivity index (χ0v) is 17.6. The van der Waals surface area contributed by atoms with Crippen LogP contribution in [0.4, 0.5) is 0 Å². The maximum Gasteiger partial charge on any atom is 0.338 e. The summed E-state index contributed by atoms with van der Waals surface area (Å²) in [5.74, 6) is 0.275. The smallest absolute Gasteiger partial charge is 0.338 e. The molecule has 0 bridgehead atoms. The Morgan fingerprint density at radius 2 is 1.69 bits per heavy atom. The minimum atomic E-state index is -0.749. The lowest BCUT2D eigenvalue weighted by atomic mass is 10.1. The van der Waals surface area contributed by atoms with Crippen molar-refractivity contribution in [2.75, 3.05) is 7.11 Å². The van der Waals surface area contributed by atoms with Gasteiger partial charge >= 0.3 is 5.97 Å². The molecule has 9 nitrogen and oxygen atoms in total. The Morgan fingerprint density at radius 3 is 2.31 bits per heavy atom. The summed E-state index contributed by atoms with van der Waals surface area (Å²) in [5.41, 5.74) is 1.79. The van der Waals surface area contributed by atoms with Gasteiger partial charge in [0.2, 0.25) is 17.7 Å². The first-order valence-electron chi connectivity index (χ1n) is 10.1. The molecule has 1 aliphatic heterocycles. The molecule has 2 aromatic carbocycles. The highest BCUT2D eigenvalue weighted by atomic mass is 16.6. The van der Waals surface area contributed by atoms with Crippen LogP contribution in [0.3, 0.4) is 0 Å². The molecule has 0 N–H and O–H groups in total. The van der Waals surface area contributed by atoms with E-state index in [-0.39, 0.29) is 37.1 Å². The van der Waals surface area contributed by atoms with Gasteiger partial charge in [-0.05, 0) is 48.9 Å². The van der Waals surface area contributed by atoms with E-state index in [2.05, 4.69) is 10.2 Å². The minimum absolute atomic E-state index is 0.173. The third-order valence-corrected chi connectivity index (χ3v) is 5.09. The first kappa shape index (κ1) is 21.2. The van der Waals surface area contributed by atoms with Gasteiger partial charge in [0.05, 0.1) is 19.2 Å². The summed E-state index contributed by atoms with van der Waals surface area (Å²) in [6, 6.07) is 13.7. The van der Waals surface area contributed by atoms with Crippen molar-refractivity contribution in [2.45, 2.75) is 32.4 Å². The number of methoxy groups -OCH3 is 1. The highest BCUT2D eigenvalue weighted by Gasteiger charge is 2.28. The van der Waals surface area contributed by atoms with E-state index in [1.165, 1.54) is 4.90 Å². The lowest BCUT2D eigenvalue weighted by Gasteiger charge is -2.14. The van der Waals surface area contributed by atoms with Gasteiger partial charge in [0.1, 0.15) is 5.75 Å². The Labute approximate surface area is 183 Å². The van der Waals surface area contributed by atoms with E-state index in [0.29, 0.717) is 22.8 Å². The number of esters is 1. The third-order valence-electron chi connectivity index (χ3n) is 5.09. The number of benzene rings is 2. The van der Waals surface area contributed by atoms with E-state index in [9.17, 15) is 14.4 Å². The highest BCUT2D eigenvalue weighted by Crippen LogP contribution is 2.25. The fraction of sp³-hybridized carbons (Fsp3) is 0.261. The minimum Gasteiger partial charge on any atom is -0.497 e. The second-order valence-corrected chi connectivity index (χ2v) is 7.29. The molecule has 0 unspecified atom stereocenters.